The van der Waals surface area contributed by atoms with E-state index in [2.05, 4.69) is 26.8 Å². The fourth-order valence-corrected chi connectivity index (χ4v) is 3.18. The van der Waals surface area contributed by atoms with Crippen molar-refractivity contribution in [3.63, 3.8) is 0 Å². The summed E-state index contributed by atoms with van der Waals surface area (Å²) in [4.78, 5) is 0. The van der Waals surface area contributed by atoms with E-state index in [0.29, 0.717) is 11.8 Å². The van der Waals surface area contributed by atoms with Gasteiger partial charge in [-0.05, 0) is 38.2 Å². The van der Waals surface area contributed by atoms with Gasteiger partial charge in [-0.3, -0.25) is 0 Å². The number of hydrogen-bond donors (Lipinski definition) is 0. The monoisotopic (exact) mass is 236 g/mol. The van der Waals surface area contributed by atoms with Crippen LogP contribution < -0.4 is 0 Å². The van der Waals surface area contributed by atoms with E-state index in [0.717, 1.165) is 13.2 Å². The lowest BCUT2D eigenvalue weighted by Crippen LogP contribution is -2.50. The first kappa shape index (κ1) is 12.8. The quantitative estimate of drug-likeness (QED) is 0.648. The highest BCUT2D eigenvalue weighted by molar-refractivity contribution is 5.13. The van der Waals surface area contributed by atoms with Crippen molar-refractivity contribution in [1.29, 1.82) is 0 Å². The highest BCUT2D eigenvalue weighted by atomic mass is 16.7. The third kappa shape index (κ3) is 2.34. The third-order valence-electron chi connectivity index (χ3n) is 4.43. The SMILES string of the molecule is C/C=C/C1OCC2(CO1)[C@H](C)CC(C)=C[C@@H]2C. The van der Waals surface area contributed by atoms with E-state index >= 15 is 0 Å². The van der Waals surface area contributed by atoms with Crippen LogP contribution >= 0.6 is 0 Å². The summed E-state index contributed by atoms with van der Waals surface area (Å²) in [5.74, 6) is 1.17. The van der Waals surface area contributed by atoms with Crippen molar-refractivity contribution >= 4 is 0 Å². The maximum Gasteiger partial charge on any atom is 0.176 e. The third-order valence-corrected chi connectivity index (χ3v) is 4.43. The van der Waals surface area contributed by atoms with Crippen LogP contribution in [0.2, 0.25) is 0 Å². The normalized spacial score (nSPS) is 43.1. The number of hydrogen-bond acceptors (Lipinski definition) is 2. The van der Waals surface area contributed by atoms with Crippen LogP contribution in [0.1, 0.15) is 34.1 Å². The van der Waals surface area contributed by atoms with Gasteiger partial charge in [0, 0.05) is 5.41 Å². The lowest BCUT2D eigenvalue weighted by molar-refractivity contribution is -0.229. The van der Waals surface area contributed by atoms with Crippen LogP contribution in [0.15, 0.2) is 23.8 Å². The fraction of sp³-hybridized carbons (Fsp3) is 0.733. The van der Waals surface area contributed by atoms with E-state index in [-0.39, 0.29) is 11.7 Å². The van der Waals surface area contributed by atoms with Gasteiger partial charge in [0.05, 0.1) is 13.2 Å². The van der Waals surface area contributed by atoms with Crippen molar-refractivity contribution in [2.75, 3.05) is 13.2 Å². The Labute approximate surface area is 105 Å². The Morgan fingerprint density at radius 2 is 1.94 bits per heavy atom. The molecule has 1 saturated heterocycles. The standard InChI is InChI=1S/C15H24O2/c1-5-6-14-16-9-15(10-17-14)12(3)7-11(2)8-13(15)4/h5-7,12-14H,8-10H2,1-4H3/b6-5+/t12-,13+,14?,15?/m0/s1. The maximum atomic E-state index is 5.85. The molecule has 1 aliphatic heterocycles. The van der Waals surface area contributed by atoms with Crippen molar-refractivity contribution in [2.24, 2.45) is 17.3 Å². The van der Waals surface area contributed by atoms with E-state index in [1.54, 1.807) is 0 Å². The molecule has 1 spiro atoms. The van der Waals surface area contributed by atoms with Gasteiger partial charge in [0.25, 0.3) is 0 Å². The Morgan fingerprint density at radius 3 is 2.47 bits per heavy atom. The number of allylic oxidation sites excluding steroid dienone is 3. The molecule has 17 heavy (non-hydrogen) atoms. The molecule has 1 aliphatic carbocycles. The van der Waals surface area contributed by atoms with Crippen LogP contribution in [0.3, 0.4) is 0 Å². The number of ether oxygens (including phenoxy) is 2. The second kappa shape index (κ2) is 4.95. The molecule has 0 bridgehead atoms. The molecule has 2 rings (SSSR count). The molecule has 2 aliphatic rings. The van der Waals surface area contributed by atoms with Crippen LogP contribution in [0.25, 0.3) is 0 Å². The van der Waals surface area contributed by atoms with E-state index in [1.165, 1.54) is 12.0 Å². The zero-order valence-electron chi connectivity index (χ0n) is 11.4. The van der Waals surface area contributed by atoms with Gasteiger partial charge in [0.2, 0.25) is 0 Å². The van der Waals surface area contributed by atoms with E-state index in [9.17, 15) is 0 Å². The Morgan fingerprint density at radius 1 is 1.29 bits per heavy atom. The summed E-state index contributed by atoms with van der Waals surface area (Å²) >= 11 is 0. The van der Waals surface area contributed by atoms with Gasteiger partial charge in [-0.2, -0.15) is 0 Å². The van der Waals surface area contributed by atoms with E-state index in [1.807, 2.05) is 19.1 Å². The van der Waals surface area contributed by atoms with Crippen molar-refractivity contribution in [3.05, 3.63) is 23.8 Å². The topological polar surface area (TPSA) is 18.5 Å². The average molecular weight is 236 g/mol. The first-order valence-electron chi connectivity index (χ1n) is 6.62. The van der Waals surface area contributed by atoms with Gasteiger partial charge >= 0.3 is 0 Å². The summed E-state index contributed by atoms with van der Waals surface area (Å²) in [5.41, 5.74) is 1.68. The summed E-state index contributed by atoms with van der Waals surface area (Å²) in [6.07, 6.45) is 7.39. The Balaban J connectivity index is 2.11. The van der Waals surface area contributed by atoms with Crippen molar-refractivity contribution in [2.45, 2.75) is 40.4 Å². The summed E-state index contributed by atoms with van der Waals surface area (Å²) in [7, 11) is 0. The maximum absolute atomic E-state index is 5.85. The van der Waals surface area contributed by atoms with Gasteiger partial charge in [-0.25, -0.2) is 0 Å². The molecule has 0 N–H and O–H groups in total. The highest BCUT2D eigenvalue weighted by Crippen LogP contribution is 2.46. The zero-order valence-corrected chi connectivity index (χ0v) is 11.4. The van der Waals surface area contributed by atoms with Gasteiger partial charge in [-0.15, -0.1) is 0 Å². The van der Waals surface area contributed by atoms with Crippen molar-refractivity contribution < 1.29 is 9.47 Å². The molecular formula is C15H24O2. The summed E-state index contributed by atoms with van der Waals surface area (Å²) in [6.45, 7) is 10.5. The largest absolute Gasteiger partial charge is 0.348 e. The van der Waals surface area contributed by atoms with Gasteiger partial charge < -0.3 is 9.47 Å². The number of rotatable bonds is 1. The summed E-state index contributed by atoms with van der Waals surface area (Å²) in [5, 5.41) is 0. The Kier molecular flexibility index (Phi) is 3.74. The summed E-state index contributed by atoms with van der Waals surface area (Å²) < 4.78 is 11.7. The zero-order chi connectivity index (χ0) is 12.5. The van der Waals surface area contributed by atoms with Gasteiger partial charge in [0.15, 0.2) is 6.29 Å². The van der Waals surface area contributed by atoms with Gasteiger partial charge in [-0.1, -0.05) is 31.6 Å². The molecule has 2 atom stereocenters. The fourth-order valence-electron chi connectivity index (χ4n) is 3.18. The molecule has 0 amide bonds. The molecular weight excluding hydrogens is 212 g/mol. The van der Waals surface area contributed by atoms with Crippen LogP contribution in [0, 0.1) is 17.3 Å². The minimum absolute atomic E-state index is 0.142. The van der Waals surface area contributed by atoms with E-state index in [4.69, 9.17) is 9.47 Å². The molecule has 0 radical (unpaired) electrons. The molecule has 2 heteroatoms. The lowest BCUT2D eigenvalue weighted by Gasteiger charge is -2.49. The van der Waals surface area contributed by atoms with Crippen LogP contribution in [-0.4, -0.2) is 19.5 Å². The molecule has 0 saturated carbocycles. The molecule has 0 aromatic carbocycles. The Hall–Kier alpha value is -0.600. The van der Waals surface area contributed by atoms with Gasteiger partial charge in [0.1, 0.15) is 0 Å². The molecule has 1 fully saturated rings. The smallest absolute Gasteiger partial charge is 0.176 e. The highest BCUT2D eigenvalue weighted by Gasteiger charge is 2.46. The first-order valence-corrected chi connectivity index (χ1v) is 6.62. The predicted molar refractivity (Wildman–Crippen MR) is 69.6 cm³/mol. The Bertz CT molecular complexity index is 322. The lowest BCUT2D eigenvalue weighted by atomic mass is 9.63. The molecule has 96 valence electrons. The second-order valence-corrected chi connectivity index (χ2v) is 5.66. The van der Waals surface area contributed by atoms with Crippen molar-refractivity contribution in [1.82, 2.24) is 0 Å². The molecule has 0 aromatic rings. The first-order chi connectivity index (χ1) is 8.08. The van der Waals surface area contributed by atoms with E-state index < -0.39 is 0 Å². The van der Waals surface area contributed by atoms with Crippen LogP contribution in [0.5, 0.6) is 0 Å². The molecule has 0 aromatic heterocycles. The predicted octanol–water partition coefficient (Wildman–Crippen LogP) is 3.54. The van der Waals surface area contributed by atoms with Crippen LogP contribution in [0.4, 0.5) is 0 Å². The molecule has 0 unspecified atom stereocenters. The minimum Gasteiger partial charge on any atom is -0.348 e. The summed E-state index contributed by atoms with van der Waals surface area (Å²) in [6, 6.07) is 0. The minimum atomic E-state index is -0.142. The second-order valence-electron chi connectivity index (χ2n) is 5.66. The van der Waals surface area contributed by atoms with Crippen LogP contribution in [-0.2, 0) is 9.47 Å². The molecule has 2 nitrogen and oxygen atoms in total. The van der Waals surface area contributed by atoms with Crippen molar-refractivity contribution in [3.8, 4) is 0 Å². The average Bonchev–Trinajstić information content (AvgIpc) is 2.28. The molecule has 1 heterocycles.